The van der Waals surface area contributed by atoms with E-state index in [9.17, 15) is 4.79 Å². The van der Waals surface area contributed by atoms with E-state index >= 15 is 0 Å². The molecule has 0 unspecified atom stereocenters. The summed E-state index contributed by atoms with van der Waals surface area (Å²) < 4.78 is 0.725. The number of hydrogen-bond acceptors (Lipinski definition) is 2. The molecule has 2 aromatic rings. The summed E-state index contributed by atoms with van der Waals surface area (Å²) in [5.41, 5.74) is 6.39. The summed E-state index contributed by atoms with van der Waals surface area (Å²) in [5, 5.41) is 9.72. The molecule has 1 amide bonds. The van der Waals surface area contributed by atoms with Crippen molar-refractivity contribution in [1.82, 2.24) is 15.5 Å². The normalized spacial score (nSPS) is 10.7. The molecular formula is C16H20BrN3O. The topological polar surface area (TPSA) is 57.8 Å². The number of hydrogen-bond donors (Lipinski definition) is 2. The van der Waals surface area contributed by atoms with E-state index in [1.807, 2.05) is 6.92 Å². The number of aryl methyl sites for hydroxylation is 4. The van der Waals surface area contributed by atoms with Crippen LogP contribution in [0.4, 0.5) is 0 Å². The summed E-state index contributed by atoms with van der Waals surface area (Å²) in [4.78, 5) is 12.1. The molecule has 1 heterocycles. The third kappa shape index (κ3) is 3.53. The first-order chi connectivity index (χ1) is 9.90. The number of aromatic nitrogens is 2. The maximum atomic E-state index is 12.1. The lowest BCUT2D eigenvalue weighted by Gasteiger charge is -2.11. The summed E-state index contributed by atoms with van der Waals surface area (Å²) in [6.07, 6.45) is 0.824. The zero-order chi connectivity index (χ0) is 15.6. The van der Waals surface area contributed by atoms with E-state index in [0.717, 1.165) is 16.6 Å². The number of halogens is 1. The van der Waals surface area contributed by atoms with E-state index in [1.54, 1.807) is 0 Å². The van der Waals surface area contributed by atoms with Gasteiger partial charge < -0.3 is 5.32 Å². The van der Waals surface area contributed by atoms with Crippen molar-refractivity contribution >= 4 is 21.8 Å². The first-order valence-corrected chi connectivity index (χ1v) is 7.75. The van der Waals surface area contributed by atoms with Crippen molar-refractivity contribution < 1.29 is 4.79 Å². The van der Waals surface area contributed by atoms with Gasteiger partial charge in [-0.25, -0.2) is 0 Å². The SMILES string of the molecule is Cc1cc(C)c(CCNC(=O)c2n[nH]c(C)c2Br)c(C)c1. The van der Waals surface area contributed by atoms with Gasteiger partial charge in [0.1, 0.15) is 0 Å². The highest BCUT2D eigenvalue weighted by Crippen LogP contribution is 2.18. The molecule has 0 aliphatic heterocycles. The Morgan fingerprint density at radius 1 is 1.24 bits per heavy atom. The first kappa shape index (κ1) is 15.8. The molecule has 2 rings (SSSR count). The van der Waals surface area contributed by atoms with Gasteiger partial charge in [0, 0.05) is 12.2 Å². The Morgan fingerprint density at radius 2 is 1.86 bits per heavy atom. The maximum Gasteiger partial charge on any atom is 0.272 e. The summed E-state index contributed by atoms with van der Waals surface area (Å²) in [7, 11) is 0. The molecule has 4 nitrogen and oxygen atoms in total. The number of benzene rings is 1. The van der Waals surface area contributed by atoms with Gasteiger partial charge in [0.2, 0.25) is 0 Å². The minimum absolute atomic E-state index is 0.159. The minimum Gasteiger partial charge on any atom is -0.350 e. The molecule has 0 spiro atoms. The number of amides is 1. The smallest absolute Gasteiger partial charge is 0.272 e. The summed E-state index contributed by atoms with van der Waals surface area (Å²) in [6, 6.07) is 4.36. The second-order valence-corrected chi connectivity index (χ2v) is 6.19. The Morgan fingerprint density at radius 3 is 2.38 bits per heavy atom. The monoisotopic (exact) mass is 349 g/mol. The van der Waals surface area contributed by atoms with Gasteiger partial charge in [-0.2, -0.15) is 5.10 Å². The first-order valence-electron chi connectivity index (χ1n) is 6.95. The Bertz CT molecular complexity index is 653. The Kier molecular flexibility index (Phi) is 4.83. The standard InChI is InChI=1S/C16H20BrN3O/c1-9-7-10(2)13(11(3)8-9)5-6-18-16(21)15-14(17)12(4)19-20-15/h7-8H,5-6H2,1-4H3,(H,18,21)(H,19,20). The molecule has 112 valence electrons. The van der Waals surface area contributed by atoms with E-state index in [-0.39, 0.29) is 5.91 Å². The minimum atomic E-state index is -0.159. The number of aromatic amines is 1. The van der Waals surface area contributed by atoms with Gasteiger partial charge in [0.15, 0.2) is 5.69 Å². The van der Waals surface area contributed by atoms with Crippen LogP contribution in [0.2, 0.25) is 0 Å². The summed E-state index contributed by atoms with van der Waals surface area (Å²) in [6.45, 7) is 8.80. The van der Waals surface area contributed by atoms with Crippen molar-refractivity contribution in [3.63, 3.8) is 0 Å². The molecule has 0 saturated heterocycles. The van der Waals surface area contributed by atoms with Crippen LogP contribution in [0.15, 0.2) is 16.6 Å². The largest absolute Gasteiger partial charge is 0.350 e. The van der Waals surface area contributed by atoms with E-state index in [0.29, 0.717) is 12.2 Å². The third-order valence-corrected chi connectivity index (χ3v) is 4.56. The van der Waals surface area contributed by atoms with Crippen molar-refractivity contribution in [2.75, 3.05) is 6.54 Å². The van der Waals surface area contributed by atoms with Crippen LogP contribution in [0.1, 0.15) is 38.4 Å². The van der Waals surface area contributed by atoms with E-state index < -0.39 is 0 Å². The van der Waals surface area contributed by atoms with Crippen LogP contribution >= 0.6 is 15.9 Å². The van der Waals surface area contributed by atoms with Crippen molar-refractivity contribution in [3.05, 3.63) is 50.2 Å². The van der Waals surface area contributed by atoms with Crippen molar-refractivity contribution in [2.45, 2.75) is 34.1 Å². The average molecular weight is 350 g/mol. The summed E-state index contributed by atoms with van der Waals surface area (Å²) >= 11 is 3.36. The molecule has 1 aromatic carbocycles. The maximum absolute atomic E-state index is 12.1. The molecule has 0 aliphatic rings. The predicted octanol–water partition coefficient (Wildman–Crippen LogP) is 3.38. The highest BCUT2D eigenvalue weighted by atomic mass is 79.9. The highest BCUT2D eigenvalue weighted by Gasteiger charge is 2.15. The summed E-state index contributed by atoms with van der Waals surface area (Å²) in [5.74, 6) is -0.159. The molecule has 2 N–H and O–H groups in total. The molecular weight excluding hydrogens is 330 g/mol. The van der Waals surface area contributed by atoms with E-state index in [1.165, 1.54) is 22.3 Å². The zero-order valence-corrected chi connectivity index (χ0v) is 14.4. The van der Waals surface area contributed by atoms with Crippen LogP contribution in [0.5, 0.6) is 0 Å². The highest BCUT2D eigenvalue weighted by molar-refractivity contribution is 9.10. The van der Waals surface area contributed by atoms with Gasteiger partial charge in [-0.1, -0.05) is 17.7 Å². The average Bonchev–Trinajstić information content (AvgIpc) is 2.73. The second-order valence-electron chi connectivity index (χ2n) is 5.39. The van der Waals surface area contributed by atoms with Crippen molar-refractivity contribution in [1.29, 1.82) is 0 Å². The third-order valence-electron chi connectivity index (χ3n) is 3.59. The van der Waals surface area contributed by atoms with Gasteiger partial charge in [-0.05, 0) is 66.7 Å². The number of H-pyrrole nitrogens is 1. The molecule has 0 bridgehead atoms. The lowest BCUT2D eigenvalue weighted by Crippen LogP contribution is -2.26. The second kappa shape index (κ2) is 6.43. The van der Waals surface area contributed by atoms with Crippen LogP contribution < -0.4 is 5.32 Å². The Labute approximate surface area is 133 Å². The molecule has 0 radical (unpaired) electrons. The van der Waals surface area contributed by atoms with Crippen LogP contribution in [-0.2, 0) is 6.42 Å². The Balaban J connectivity index is 1.99. The lowest BCUT2D eigenvalue weighted by atomic mass is 9.97. The van der Waals surface area contributed by atoms with Gasteiger partial charge in [-0.15, -0.1) is 0 Å². The quantitative estimate of drug-likeness (QED) is 0.888. The number of nitrogens with one attached hydrogen (secondary N) is 2. The Hall–Kier alpha value is -1.62. The van der Waals surface area contributed by atoms with E-state index in [2.05, 4.69) is 64.3 Å². The van der Waals surface area contributed by atoms with Crippen LogP contribution in [0.3, 0.4) is 0 Å². The molecule has 21 heavy (non-hydrogen) atoms. The van der Waals surface area contributed by atoms with Gasteiger partial charge in [-0.3, -0.25) is 9.89 Å². The van der Waals surface area contributed by atoms with Gasteiger partial charge in [0.25, 0.3) is 5.91 Å². The fourth-order valence-electron chi connectivity index (χ4n) is 2.55. The fraction of sp³-hybridized carbons (Fsp3) is 0.375. The van der Waals surface area contributed by atoms with Crippen molar-refractivity contribution in [2.24, 2.45) is 0 Å². The van der Waals surface area contributed by atoms with E-state index in [4.69, 9.17) is 0 Å². The number of rotatable bonds is 4. The molecule has 0 saturated carbocycles. The predicted molar refractivity (Wildman–Crippen MR) is 87.7 cm³/mol. The molecule has 0 fully saturated rings. The lowest BCUT2D eigenvalue weighted by molar-refractivity contribution is 0.0948. The van der Waals surface area contributed by atoms with Crippen LogP contribution in [-0.4, -0.2) is 22.6 Å². The van der Waals surface area contributed by atoms with Crippen LogP contribution in [0, 0.1) is 27.7 Å². The number of carbonyl (C=O) groups is 1. The zero-order valence-electron chi connectivity index (χ0n) is 12.8. The number of carbonyl (C=O) groups excluding carboxylic acids is 1. The van der Waals surface area contributed by atoms with Crippen molar-refractivity contribution in [3.8, 4) is 0 Å². The fourth-order valence-corrected chi connectivity index (χ4v) is 2.91. The van der Waals surface area contributed by atoms with Gasteiger partial charge in [0.05, 0.1) is 4.47 Å². The van der Waals surface area contributed by atoms with Gasteiger partial charge >= 0.3 is 0 Å². The molecule has 1 aromatic heterocycles. The molecule has 5 heteroatoms. The molecule has 0 aliphatic carbocycles. The molecule has 0 atom stereocenters. The number of nitrogens with zero attached hydrogens (tertiary/aromatic N) is 1. The van der Waals surface area contributed by atoms with Crippen LogP contribution in [0.25, 0.3) is 0 Å².